The standard InChI is InChI=1S/C21H26N4O2.C7H10/c1-14(7-9-22-2)25-21(27)16-6-5-15-10-18(12-17(15)11-16)19-4-3-8-23-20(19)24-13-26;1-7-5-3-2-4-6-7/h3-6,8,11,13-14,18,22H,7,9-10,12H2,1-2H3,(H,25,27)(H,23,24,26);2-3,5H,4,6H2,1H3. The predicted octanol–water partition coefficient (Wildman–Crippen LogP) is 4.54. The minimum atomic E-state index is -0.0328. The highest BCUT2D eigenvalue weighted by Gasteiger charge is 2.26. The Balaban J connectivity index is 0.000000396. The first-order chi connectivity index (χ1) is 16.5. The normalized spacial score (nSPS) is 17.0. The summed E-state index contributed by atoms with van der Waals surface area (Å²) in [4.78, 5) is 27.6. The molecule has 1 aromatic heterocycles. The molecule has 1 aromatic carbocycles. The van der Waals surface area contributed by atoms with Crippen LogP contribution < -0.4 is 16.0 Å². The van der Waals surface area contributed by atoms with Crippen LogP contribution in [0, 0.1) is 0 Å². The van der Waals surface area contributed by atoms with E-state index in [1.54, 1.807) is 6.20 Å². The number of rotatable bonds is 8. The van der Waals surface area contributed by atoms with Crippen LogP contribution in [0.25, 0.3) is 0 Å². The monoisotopic (exact) mass is 460 g/mol. The van der Waals surface area contributed by atoms with Crippen molar-refractivity contribution in [1.29, 1.82) is 0 Å². The molecule has 2 aliphatic carbocycles. The van der Waals surface area contributed by atoms with Gasteiger partial charge in [-0.25, -0.2) is 4.98 Å². The average molecular weight is 461 g/mol. The Kier molecular flexibility index (Phi) is 9.59. The Morgan fingerprint density at radius 2 is 2.06 bits per heavy atom. The van der Waals surface area contributed by atoms with Gasteiger partial charge in [0.2, 0.25) is 6.41 Å². The van der Waals surface area contributed by atoms with Gasteiger partial charge in [0.1, 0.15) is 5.82 Å². The SMILES string of the molecule is CC1=CC=CCC1.CNCCC(C)NC(=O)c1ccc2c(c1)CC(c1cccnc1NC=O)C2. The number of hydrogen-bond donors (Lipinski definition) is 3. The van der Waals surface area contributed by atoms with Crippen molar-refractivity contribution in [3.8, 4) is 0 Å². The van der Waals surface area contributed by atoms with Gasteiger partial charge in [-0.1, -0.05) is 35.9 Å². The van der Waals surface area contributed by atoms with Crippen molar-refractivity contribution in [2.24, 2.45) is 0 Å². The van der Waals surface area contributed by atoms with Gasteiger partial charge >= 0.3 is 0 Å². The molecule has 3 N–H and O–H groups in total. The van der Waals surface area contributed by atoms with Crippen LogP contribution in [0.2, 0.25) is 0 Å². The lowest BCUT2D eigenvalue weighted by Gasteiger charge is -2.14. The molecule has 6 nitrogen and oxygen atoms in total. The Hall–Kier alpha value is -3.25. The van der Waals surface area contributed by atoms with E-state index in [1.807, 2.05) is 44.3 Å². The van der Waals surface area contributed by atoms with Gasteiger partial charge in [-0.2, -0.15) is 0 Å². The van der Waals surface area contributed by atoms with Crippen LogP contribution >= 0.6 is 0 Å². The van der Waals surface area contributed by atoms with E-state index in [0.29, 0.717) is 17.8 Å². The summed E-state index contributed by atoms with van der Waals surface area (Å²) in [5, 5.41) is 8.84. The molecule has 34 heavy (non-hydrogen) atoms. The topological polar surface area (TPSA) is 83.1 Å². The lowest BCUT2D eigenvalue weighted by molar-refractivity contribution is -0.105. The maximum Gasteiger partial charge on any atom is 0.251 e. The highest BCUT2D eigenvalue weighted by molar-refractivity contribution is 5.94. The van der Waals surface area contributed by atoms with Crippen LogP contribution in [-0.2, 0) is 17.6 Å². The first kappa shape index (κ1) is 25.4. The molecule has 4 rings (SSSR count). The molecule has 0 saturated heterocycles. The molecule has 6 heteroatoms. The maximum atomic E-state index is 12.5. The number of aromatic nitrogens is 1. The smallest absolute Gasteiger partial charge is 0.251 e. The molecule has 2 aliphatic rings. The van der Waals surface area contributed by atoms with Crippen molar-refractivity contribution >= 4 is 18.1 Å². The van der Waals surface area contributed by atoms with Gasteiger partial charge in [-0.05, 0) is 100 Å². The van der Waals surface area contributed by atoms with Crippen molar-refractivity contribution < 1.29 is 9.59 Å². The van der Waals surface area contributed by atoms with E-state index in [9.17, 15) is 9.59 Å². The number of amides is 2. The second-order valence-electron chi connectivity index (χ2n) is 9.04. The quantitative estimate of drug-likeness (QED) is 0.505. The molecule has 0 saturated carbocycles. The number of benzene rings is 1. The molecule has 0 bridgehead atoms. The molecule has 180 valence electrons. The van der Waals surface area contributed by atoms with Gasteiger partial charge in [0.05, 0.1) is 0 Å². The number of carbonyl (C=O) groups is 2. The Labute approximate surface area is 202 Å². The Morgan fingerprint density at radius 1 is 1.24 bits per heavy atom. The van der Waals surface area contributed by atoms with Crippen LogP contribution in [0.5, 0.6) is 0 Å². The zero-order chi connectivity index (χ0) is 24.3. The van der Waals surface area contributed by atoms with Gasteiger partial charge in [0, 0.05) is 17.8 Å². The zero-order valence-electron chi connectivity index (χ0n) is 20.4. The summed E-state index contributed by atoms with van der Waals surface area (Å²) in [6.07, 6.45) is 13.9. The number of anilines is 1. The summed E-state index contributed by atoms with van der Waals surface area (Å²) < 4.78 is 0. The zero-order valence-corrected chi connectivity index (χ0v) is 20.4. The molecule has 1 heterocycles. The predicted molar refractivity (Wildman–Crippen MR) is 138 cm³/mol. The van der Waals surface area contributed by atoms with Crippen molar-refractivity contribution in [2.75, 3.05) is 18.9 Å². The molecule has 0 aliphatic heterocycles. The summed E-state index contributed by atoms with van der Waals surface area (Å²) in [6.45, 7) is 5.06. The molecule has 2 unspecified atom stereocenters. The maximum absolute atomic E-state index is 12.5. The van der Waals surface area contributed by atoms with E-state index in [-0.39, 0.29) is 17.9 Å². The van der Waals surface area contributed by atoms with Gasteiger partial charge < -0.3 is 16.0 Å². The lowest BCUT2D eigenvalue weighted by Crippen LogP contribution is -2.34. The van der Waals surface area contributed by atoms with E-state index in [2.05, 4.69) is 46.1 Å². The molecule has 2 aromatic rings. The molecular formula is C28H36N4O2. The first-order valence-electron chi connectivity index (χ1n) is 12.1. The fraction of sp³-hybridized carbons (Fsp3) is 0.393. The second kappa shape index (κ2) is 12.8. The third kappa shape index (κ3) is 7.12. The number of hydrogen-bond acceptors (Lipinski definition) is 4. The van der Waals surface area contributed by atoms with Crippen LogP contribution in [0.1, 0.15) is 66.1 Å². The molecule has 0 spiro atoms. The summed E-state index contributed by atoms with van der Waals surface area (Å²) >= 11 is 0. The molecule has 2 amide bonds. The number of allylic oxidation sites excluding steroid dienone is 4. The van der Waals surface area contributed by atoms with E-state index < -0.39 is 0 Å². The number of carbonyl (C=O) groups excluding carboxylic acids is 2. The molecule has 2 atom stereocenters. The van der Waals surface area contributed by atoms with Gasteiger partial charge in [-0.3, -0.25) is 9.59 Å². The first-order valence-corrected chi connectivity index (χ1v) is 12.1. The van der Waals surface area contributed by atoms with E-state index >= 15 is 0 Å². The van der Waals surface area contributed by atoms with Crippen molar-refractivity contribution in [3.63, 3.8) is 0 Å². The average Bonchev–Trinajstić information content (AvgIpc) is 3.27. The largest absolute Gasteiger partial charge is 0.350 e. The molecule has 0 fully saturated rings. The fourth-order valence-corrected chi connectivity index (χ4v) is 4.37. The summed E-state index contributed by atoms with van der Waals surface area (Å²) in [5.41, 5.74) is 5.68. The van der Waals surface area contributed by atoms with Gasteiger partial charge in [-0.15, -0.1) is 0 Å². The third-order valence-corrected chi connectivity index (χ3v) is 6.30. The van der Waals surface area contributed by atoms with Gasteiger partial charge in [0.15, 0.2) is 0 Å². The van der Waals surface area contributed by atoms with Gasteiger partial charge in [0.25, 0.3) is 5.91 Å². The number of fused-ring (bicyclic) bond motifs is 1. The van der Waals surface area contributed by atoms with E-state index in [4.69, 9.17) is 0 Å². The summed E-state index contributed by atoms with van der Waals surface area (Å²) in [5.74, 6) is 0.834. The van der Waals surface area contributed by atoms with Crippen molar-refractivity contribution in [3.05, 3.63) is 82.6 Å². The Morgan fingerprint density at radius 3 is 2.74 bits per heavy atom. The Bertz CT molecular complexity index is 1040. The highest BCUT2D eigenvalue weighted by atomic mass is 16.1. The van der Waals surface area contributed by atoms with Crippen LogP contribution in [0.3, 0.4) is 0 Å². The fourth-order valence-electron chi connectivity index (χ4n) is 4.37. The third-order valence-electron chi connectivity index (χ3n) is 6.30. The minimum Gasteiger partial charge on any atom is -0.350 e. The van der Waals surface area contributed by atoms with E-state index in [0.717, 1.165) is 31.4 Å². The van der Waals surface area contributed by atoms with E-state index in [1.165, 1.54) is 29.5 Å². The number of nitrogens with zero attached hydrogens (tertiary/aromatic N) is 1. The molecular weight excluding hydrogens is 424 g/mol. The molecule has 0 radical (unpaired) electrons. The second-order valence-corrected chi connectivity index (χ2v) is 9.04. The van der Waals surface area contributed by atoms with Crippen molar-refractivity contribution in [2.45, 2.75) is 57.9 Å². The number of nitrogens with one attached hydrogen (secondary N) is 3. The summed E-state index contributed by atoms with van der Waals surface area (Å²) in [6, 6.07) is 9.96. The summed E-state index contributed by atoms with van der Waals surface area (Å²) in [7, 11) is 1.91. The minimum absolute atomic E-state index is 0.0328. The lowest BCUT2D eigenvalue weighted by atomic mass is 9.97. The van der Waals surface area contributed by atoms with Crippen molar-refractivity contribution in [1.82, 2.24) is 15.6 Å². The number of pyridine rings is 1. The van der Waals surface area contributed by atoms with Crippen LogP contribution in [0.15, 0.2) is 60.3 Å². The highest BCUT2D eigenvalue weighted by Crippen LogP contribution is 2.36. The van der Waals surface area contributed by atoms with Crippen LogP contribution in [-0.4, -0.2) is 36.9 Å². The van der Waals surface area contributed by atoms with Crippen LogP contribution in [0.4, 0.5) is 5.82 Å².